The maximum Gasteiger partial charge on any atom is 0.223 e. The van der Waals surface area contributed by atoms with Gasteiger partial charge in [-0.15, -0.1) is 0 Å². The summed E-state index contributed by atoms with van der Waals surface area (Å²) in [5, 5.41) is 4.00. The minimum absolute atomic E-state index is 0.0873. The lowest BCUT2D eigenvalue weighted by Gasteiger charge is -2.34. The molecule has 0 bridgehead atoms. The van der Waals surface area contributed by atoms with E-state index >= 15 is 0 Å². The third-order valence-electron chi connectivity index (χ3n) is 5.62. The van der Waals surface area contributed by atoms with Crippen LogP contribution in [0.5, 0.6) is 0 Å². The number of ether oxygens (including phenoxy) is 1. The van der Waals surface area contributed by atoms with E-state index in [4.69, 9.17) is 9.26 Å². The zero-order valence-electron chi connectivity index (χ0n) is 15.3. The first-order chi connectivity index (χ1) is 11.4. The molecule has 24 heavy (non-hydrogen) atoms. The molecule has 0 saturated carbocycles. The maximum atomic E-state index is 12.7. The quantitative estimate of drug-likeness (QED) is 0.844. The Kier molecular flexibility index (Phi) is 4.97. The summed E-state index contributed by atoms with van der Waals surface area (Å²) in [5.74, 6) is 1.02. The highest BCUT2D eigenvalue weighted by molar-refractivity contribution is 5.79. The third kappa shape index (κ3) is 3.35. The number of hydrogen-bond donors (Lipinski definition) is 0. The van der Waals surface area contributed by atoms with Crippen LogP contribution in [0.1, 0.15) is 43.7 Å². The highest BCUT2D eigenvalue weighted by atomic mass is 16.5. The first-order valence-corrected chi connectivity index (χ1v) is 8.95. The molecular formula is C18H29N3O3. The molecule has 0 N–H and O–H groups in total. The Morgan fingerprint density at radius 3 is 2.79 bits per heavy atom. The first-order valence-electron chi connectivity index (χ1n) is 8.95. The molecule has 2 aliphatic rings. The summed E-state index contributed by atoms with van der Waals surface area (Å²) >= 11 is 0. The minimum atomic E-state index is -0.0873. The maximum absolute atomic E-state index is 12.7. The number of nitrogens with zero attached hydrogens (tertiary/aromatic N) is 3. The second-order valence-electron chi connectivity index (χ2n) is 7.51. The van der Waals surface area contributed by atoms with E-state index in [0.717, 1.165) is 49.7 Å². The first kappa shape index (κ1) is 17.4. The van der Waals surface area contributed by atoms with Crippen molar-refractivity contribution in [3.8, 4) is 0 Å². The summed E-state index contributed by atoms with van der Waals surface area (Å²) < 4.78 is 11.1. The van der Waals surface area contributed by atoms with Gasteiger partial charge in [-0.25, -0.2) is 0 Å². The number of carbonyl (C=O) groups excluding carboxylic acids is 1. The van der Waals surface area contributed by atoms with E-state index in [-0.39, 0.29) is 11.3 Å². The highest BCUT2D eigenvalue weighted by Gasteiger charge is 2.46. The molecule has 2 atom stereocenters. The van der Waals surface area contributed by atoms with Crippen molar-refractivity contribution >= 4 is 5.91 Å². The predicted molar refractivity (Wildman–Crippen MR) is 90.6 cm³/mol. The predicted octanol–water partition coefficient (Wildman–Crippen LogP) is 2.14. The molecule has 0 unspecified atom stereocenters. The second kappa shape index (κ2) is 6.84. The second-order valence-corrected chi connectivity index (χ2v) is 7.51. The Hall–Kier alpha value is -1.40. The Morgan fingerprint density at radius 1 is 1.33 bits per heavy atom. The average Bonchev–Trinajstić information content (AvgIpc) is 2.93. The normalized spacial score (nSPS) is 27.0. The lowest BCUT2D eigenvalue weighted by Crippen LogP contribution is -2.44. The van der Waals surface area contributed by atoms with E-state index in [9.17, 15) is 4.79 Å². The van der Waals surface area contributed by atoms with Crippen molar-refractivity contribution in [1.82, 2.24) is 15.0 Å². The van der Waals surface area contributed by atoms with E-state index < -0.39 is 0 Å². The van der Waals surface area contributed by atoms with E-state index in [1.54, 1.807) is 0 Å². The molecule has 3 rings (SSSR count). The molecule has 1 spiro atoms. The molecule has 1 aromatic heterocycles. The van der Waals surface area contributed by atoms with Crippen molar-refractivity contribution in [1.29, 1.82) is 0 Å². The van der Waals surface area contributed by atoms with E-state index in [1.165, 1.54) is 0 Å². The number of aromatic nitrogens is 1. The highest BCUT2D eigenvalue weighted by Crippen LogP contribution is 2.36. The largest absolute Gasteiger partial charge is 0.379 e. The summed E-state index contributed by atoms with van der Waals surface area (Å²) in [5.41, 5.74) is 1.82. The van der Waals surface area contributed by atoms with Crippen molar-refractivity contribution in [2.75, 3.05) is 32.8 Å². The van der Waals surface area contributed by atoms with Crippen molar-refractivity contribution in [3.63, 3.8) is 0 Å². The van der Waals surface area contributed by atoms with Crippen molar-refractivity contribution in [2.45, 2.75) is 53.1 Å². The Balaban J connectivity index is 1.74. The summed E-state index contributed by atoms with van der Waals surface area (Å²) in [7, 11) is 0. The lowest BCUT2D eigenvalue weighted by molar-refractivity contribution is -0.128. The average molecular weight is 335 g/mol. The van der Waals surface area contributed by atoms with Crippen LogP contribution < -0.4 is 0 Å². The molecular weight excluding hydrogens is 306 g/mol. The van der Waals surface area contributed by atoms with E-state index in [1.807, 2.05) is 18.7 Å². The SMILES string of the molecule is CC[C@@H](C)N1CCOC[C@@]2(CC(=O)N(Cc3c(C)noc3C)C2)C1. The lowest BCUT2D eigenvalue weighted by atomic mass is 9.87. The molecule has 3 heterocycles. The summed E-state index contributed by atoms with van der Waals surface area (Å²) in [4.78, 5) is 17.1. The van der Waals surface area contributed by atoms with Crippen LogP contribution in [-0.4, -0.2) is 59.8 Å². The van der Waals surface area contributed by atoms with Crippen molar-refractivity contribution in [2.24, 2.45) is 5.41 Å². The van der Waals surface area contributed by atoms with Crippen LogP contribution in [0.15, 0.2) is 4.52 Å². The standard InChI is InChI=1S/C18H29N3O3/c1-5-13(2)20-6-7-23-12-18(10-20)8-17(22)21(11-18)9-16-14(3)19-24-15(16)4/h13H,5-12H2,1-4H3/t13-,18+/m1/s1. The van der Waals surface area contributed by atoms with Gasteiger partial charge in [-0.1, -0.05) is 12.1 Å². The van der Waals surface area contributed by atoms with Crippen LogP contribution in [0, 0.1) is 19.3 Å². The summed E-state index contributed by atoms with van der Waals surface area (Å²) in [6, 6.07) is 0.523. The van der Waals surface area contributed by atoms with Crippen LogP contribution in [0.2, 0.25) is 0 Å². The monoisotopic (exact) mass is 335 g/mol. The smallest absolute Gasteiger partial charge is 0.223 e. The topological polar surface area (TPSA) is 58.8 Å². The fourth-order valence-corrected chi connectivity index (χ4v) is 3.91. The van der Waals surface area contributed by atoms with Gasteiger partial charge in [-0.05, 0) is 27.2 Å². The fourth-order valence-electron chi connectivity index (χ4n) is 3.91. The minimum Gasteiger partial charge on any atom is -0.379 e. The third-order valence-corrected chi connectivity index (χ3v) is 5.62. The summed E-state index contributed by atoms with van der Waals surface area (Å²) in [6.45, 7) is 13.0. The molecule has 6 heteroatoms. The molecule has 2 saturated heterocycles. The Labute approximate surface area is 144 Å². The van der Waals surface area contributed by atoms with Gasteiger partial charge in [0.1, 0.15) is 5.76 Å². The molecule has 2 aliphatic heterocycles. The van der Waals surface area contributed by atoms with Crippen LogP contribution in [0.3, 0.4) is 0 Å². The van der Waals surface area contributed by atoms with Crippen LogP contribution in [0.4, 0.5) is 0 Å². The van der Waals surface area contributed by atoms with Gasteiger partial charge in [0.25, 0.3) is 0 Å². The van der Waals surface area contributed by atoms with E-state index in [0.29, 0.717) is 25.6 Å². The molecule has 2 fully saturated rings. The van der Waals surface area contributed by atoms with Crippen LogP contribution in [0.25, 0.3) is 0 Å². The van der Waals surface area contributed by atoms with Gasteiger partial charge in [0.05, 0.1) is 25.5 Å². The van der Waals surface area contributed by atoms with Crippen molar-refractivity contribution < 1.29 is 14.1 Å². The molecule has 6 nitrogen and oxygen atoms in total. The fraction of sp³-hybridized carbons (Fsp3) is 0.778. The van der Waals surface area contributed by atoms with Crippen LogP contribution >= 0.6 is 0 Å². The van der Waals surface area contributed by atoms with E-state index in [2.05, 4.69) is 23.9 Å². The molecule has 1 aromatic rings. The number of hydrogen-bond acceptors (Lipinski definition) is 5. The van der Waals surface area contributed by atoms with Gasteiger partial charge in [0.15, 0.2) is 0 Å². The van der Waals surface area contributed by atoms with Gasteiger partial charge in [0, 0.05) is 43.1 Å². The number of carbonyl (C=O) groups is 1. The van der Waals surface area contributed by atoms with Crippen LogP contribution in [-0.2, 0) is 16.1 Å². The van der Waals surface area contributed by atoms with Gasteiger partial charge in [0.2, 0.25) is 5.91 Å². The zero-order valence-corrected chi connectivity index (χ0v) is 15.3. The van der Waals surface area contributed by atoms with Gasteiger partial charge >= 0.3 is 0 Å². The van der Waals surface area contributed by atoms with Gasteiger partial charge in [-0.2, -0.15) is 0 Å². The summed E-state index contributed by atoms with van der Waals surface area (Å²) in [6.07, 6.45) is 1.69. The number of rotatable bonds is 4. The molecule has 0 aromatic carbocycles. The number of aryl methyl sites for hydroxylation is 2. The number of amides is 1. The molecule has 134 valence electrons. The molecule has 0 radical (unpaired) electrons. The zero-order chi connectivity index (χ0) is 17.3. The van der Waals surface area contributed by atoms with Crippen molar-refractivity contribution in [3.05, 3.63) is 17.0 Å². The number of likely N-dealkylation sites (tertiary alicyclic amines) is 1. The van der Waals surface area contributed by atoms with Gasteiger partial charge < -0.3 is 14.2 Å². The Bertz CT molecular complexity index is 581. The van der Waals surface area contributed by atoms with Gasteiger partial charge in [-0.3, -0.25) is 9.69 Å². The molecule has 0 aliphatic carbocycles. The molecule has 1 amide bonds. The Morgan fingerprint density at radius 2 is 2.12 bits per heavy atom.